The van der Waals surface area contributed by atoms with Crippen LogP contribution in [0.4, 0.5) is 5.69 Å². The predicted molar refractivity (Wildman–Crippen MR) is 192 cm³/mol. The highest BCUT2D eigenvalue weighted by Gasteiger charge is 2.46. The molecule has 2 bridgehead atoms. The molecule has 11 heteroatoms. The number of carbonyl (C=O) groups excluding carboxylic acids is 1. The summed E-state index contributed by atoms with van der Waals surface area (Å²) in [7, 11) is -3.96. The summed E-state index contributed by atoms with van der Waals surface area (Å²) in [6.45, 7) is 8.90. The standard InChI is InChI=1S/C38H50ClN3O6S/c1-27-7-5-15-38(44,16-6-17-41-19-21-47-22-20-41)34-13-10-31(34)25-42-18-4-3-8-29-23-33(39)12-9-32(29)26-48-36-14-11-30(24-35(36)42)37(43)40-49(45,46)28(27)2/h9,11-12,14,23-24,27-28,31,34,44H,3-5,7-8,10,13,15,17-22,25-26H2,1-2H3,(H,40,43)/t27-,28+,31-,34+,38-/m0/s1. The van der Waals surface area contributed by atoms with Crippen LogP contribution in [0.15, 0.2) is 36.4 Å². The molecule has 2 aromatic carbocycles. The molecule has 1 amide bonds. The molecule has 0 aromatic heterocycles. The smallest absolute Gasteiger partial charge is 0.264 e. The van der Waals surface area contributed by atoms with E-state index in [0.29, 0.717) is 69.5 Å². The molecule has 49 heavy (non-hydrogen) atoms. The van der Waals surface area contributed by atoms with Crippen molar-refractivity contribution in [2.75, 3.05) is 50.8 Å². The van der Waals surface area contributed by atoms with Crippen LogP contribution in [0.1, 0.15) is 80.3 Å². The van der Waals surface area contributed by atoms with Gasteiger partial charge in [0.15, 0.2) is 0 Å². The lowest BCUT2D eigenvalue weighted by Crippen LogP contribution is -2.50. The van der Waals surface area contributed by atoms with E-state index >= 15 is 0 Å². The van der Waals surface area contributed by atoms with Crippen molar-refractivity contribution in [1.29, 1.82) is 0 Å². The lowest BCUT2D eigenvalue weighted by Gasteiger charge is -2.47. The summed E-state index contributed by atoms with van der Waals surface area (Å²) in [5.41, 5.74) is 2.06. The summed E-state index contributed by atoms with van der Waals surface area (Å²) in [5, 5.41) is 12.3. The van der Waals surface area contributed by atoms with Gasteiger partial charge in [-0.05, 0) is 112 Å². The second-order valence-corrected chi connectivity index (χ2v) is 16.9. The molecule has 2 fully saturated rings. The number of carbonyl (C=O) groups is 1. The number of rotatable bonds is 1. The maximum Gasteiger partial charge on any atom is 0.264 e. The second-order valence-electron chi connectivity index (χ2n) is 14.4. The van der Waals surface area contributed by atoms with Crippen LogP contribution >= 0.6 is 11.6 Å². The van der Waals surface area contributed by atoms with Gasteiger partial charge in [0.05, 0.1) is 30.7 Å². The van der Waals surface area contributed by atoms with Gasteiger partial charge in [-0.2, -0.15) is 0 Å². The Morgan fingerprint density at radius 2 is 1.84 bits per heavy atom. The maximum absolute atomic E-state index is 13.5. The SMILES string of the molecule is C[C@@H]1[C@@H](C)CCC[C@](O)(C#CCN2CCOCC2)[C@@H]2CC[C@H]2CN2CCCCc3cc(Cl)ccc3COc3ccc(cc32)C(=O)NS1(=O)=O. The van der Waals surface area contributed by atoms with Crippen molar-refractivity contribution in [3.05, 3.63) is 58.1 Å². The molecule has 0 unspecified atom stereocenters. The van der Waals surface area contributed by atoms with Crippen LogP contribution in [0.2, 0.25) is 5.02 Å². The van der Waals surface area contributed by atoms with Crippen molar-refractivity contribution in [3.63, 3.8) is 0 Å². The third kappa shape index (κ3) is 8.57. The monoisotopic (exact) mass is 711 g/mol. The molecule has 2 N–H and O–H groups in total. The minimum Gasteiger partial charge on any atom is -0.487 e. The number of hydrogen-bond donors (Lipinski definition) is 2. The van der Waals surface area contributed by atoms with Crippen molar-refractivity contribution in [3.8, 4) is 17.6 Å². The first-order valence-corrected chi connectivity index (χ1v) is 19.8. The number of anilines is 1. The van der Waals surface area contributed by atoms with Crippen molar-refractivity contribution in [2.24, 2.45) is 17.8 Å². The largest absolute Gasteiger partial charge is 0.487 e. The fourth-order valence-electron chi connectivity index (χ4n) is 7.70. The Morgan fingerprint density at radius 3 is 2.61 bits per heavy atom. The molecule has 3 aliphatic heterocycles. The zero-order valence-electron chi connectivity index (χ0n) is 28.8. The molecule has 1 aliphatic carbocycles. The van der Waals surface area contributed by atoms with E-state index < -0.39 is 26.8 Å². The molecule has 0 radical (unpaired) electrons. The normalized spacial score (nSPS) is 29.7. The molecule has 9 nitrogen and oxygen atoms in total. The first-order chi connectivity index (χ1) is 23.5. The van der Waals surface area contributed by atoms with Crippen LogP contribution in [-0.2, 0) is 27.8 Å². The van der Waals surface area contributed by atoms with E-state index in [1.54, 1.807) is 25.1 Å². The Balaban J connectivity index is 1.36. The van der Waals surface area contributed by atoms with Gasteiger partial charge < -0.3 is 19.5 Å². The lowest BCUT2D eigenvalue weighted by molar-refractivity contribution is -0.0448. The number of hydrogen-bond acceptors (Lipinski definition) is 8. The molecular formula is C38H50ClN3O6S. The number of amides is 1. The van der Waals surface area contributed by atoms with Crippen LogP contribution in [-0.4, -0.2) is 81.1 Å². The van der Waals surface area contributed by atoms with Crippen LogP contribution in [0.5, 0.6) is 5.75 Å². The molecule has 5 atom stereocenters. The van der Waals surface area contributed by atoms with Crippen molar-refractivity contribution in [2.45, 2.75) is 82.7 Å². The summed E-state index contributed by atoms with van der Waals surface area (Å²) in [4.78, 5) is 18.0. The van der Waals surface area contributed by atoms with E-state index in [0.717, 1.165) is 62.0 Å². The Hall–Kier alpha value is -2.81. The number of fused-ring (bicyclic) bond motifs is 3. The van der Waals surface area contributed by atoms with Gasteiger partial charge in [-0.15, -0.1) is 0 Å². The van der Waals surface area contributed by atoms with E-state index in [9.17, 15) is 18.3 Å². The van der Waals surface area contributed by atoms with Gasteiger partial charge in [-0.1, -0.05) is 36.4 Å². The molecule has 0 spiro atoms. The lowest BCUT2D eigenvalue weighted by atomic mass is 9.63. The Kier molecular flexibility index (Phi) is 11.5. The Morgan fingerprint density at radius 1 is 1.02 bits per heavy atom. The third-order valence-corrected chi connectivity index (χ3v) is 13.3. The number of benzene rings is 2. The fraction of sp³-hybridized carbons (Fsp3) is 0.605. The highest BCUT2D eigenvalue weighted by molar-refractivity contribution is 7.90. The summed E-state index contributed by atoms with van der Waals surface area (Å²) < 4.78 is 41.2. The average Bonchev–Trinajstić information content (AvgIpc) is 3.09. The fourth-order valence-corrected chi connectivity index (χ4v) is 9.20. The molecule has 3 heterocycles. The Labute approximate surface area is 296 Å². The number of ether oxygens (including phenoxy) is 2. The van der Waals surface area contributed by atoms with Crippen molar-refractivity contribution >= 4 is 33.2 Å². The van der Waals surface area contributed by atoms with Crippen molar-refractivity contribution in [1.82, 2.24) is 9.62 Å². The number of morpholine rings is 1. The predicted octanol–water partition coefficient (Wildman–Crippen LogP) is 5.42. The molecule has 266 valence electrons. The zero-order chi connectivity index (χ0) is 34.6. The van der Waals surface area contributed by atoms with Crippen LogP contribution in [0.3, 0.4) is 0 Å². The molecular weight excluding hydrogens is 662 g/mol. The minimum atomic E-state index is -3.96. The Bertz CT molecular complexity index is 1670. The number of aryl methyl sites for hydroxylation is 1. The van der Waals surface area contributed by atoms with Gasteiger partial charge in [0.1, 0.15) is 18.0 Å². The molecule has 4 aliphatic rings. The molecule has 2 aromatic rings. The van der Waals surface area contributed by atoms with E-state index in [-0.39, 0.29) is 23.3 Å². The van der Waals surface area contributed by atoms with Gasteiger partial charge in [0.2, 0.25) is 10.0 Å². The van der Waals surface area contributed by atoms with Gasteiger partial charge in [0.25, 0.3) is 5.91 Å². The van der Waals surface area contributed by atoms with Crippen LogP contribution < -0.4 is 14.4 Å². The number of nitrogens with one attached hydrogen (secondary N) is 1. The summed E-state index contributed by atoms with van der Waals surface area (Å²) in [6.07, 6.45) is 6.26. The van der Waals surface area contributed by atoms with Crippen molar-refractivity contribution < 1.29 is 27.8 Å². The zero-order valence-corrected chi connectivity index (χ0v) is 30.3. The highest BCUT2D eigenvalue weighted by atomic mass is 35.5. The van der Waals surface area contributed by atoms with E-state index in [4.69, 9.17) is 21.1 Å². The molecule has 1 saturated heterocycles. The second kappa shape index (κ2) is 15.6. The molecule has 6 rings (SSSR count). The van der Waals surface area contributed by atoms with Gasteiger partial charge in [-0.3, -0.25) is 9.69 Å². The number of halogens is 1. The summed E-state index contributed by atoms with van der Waals surface area (Å²) in [6, 6.07) is 11.1. The average molecular weight is 712 g/mol. The van der Waals surface area contributed by atoms with Gasteiger partial charge in [-0.25, -0.2) is 13.1 Å². The van der Waals surface area contributed by atoms with Gasteiger partial charge in [0, 0.05) is 42.7 Å². The number of nitrogens with zero attached hydrogens (tertiary/aromatic N) is 2. The van der Waals surface area contributed by atoms with Crippen LogP contribution in [0, 0.1) is 29.6 Å². The van der Waals surface area contributed by atoms with E-state index in [2.05, 4.69) is 26.4 Å². The summed E-state index contributed by atoms with van der Waals surface area (Å²) >= 11 is 6.36. The quantitative estimate of drug-likeness (QED) is 0.378. The maximum atomic E-state index is 13.5. The molecule has 1 saturated carbocycles. The topological polar surface area (TPSA) is 108 Å². The first kappa shape index (κ1) is 36.0. The first-order valence-electron chi connectivity index (χ1n) is 17.9. The van der Waals surface area contributed by atoms with Gasteiger partial charge >= 0.3 is 0 Å². The van der Waals surface area contributed by atoms with Crippen LogP contribution in [0.25, 0.3) is 0 Å². The van der Waals surface area contributed by atoms with E-state index in [1.807, 2.05) is 25.1 Å². The summed E-state index contributed by atoms with van der Waals surface area (Å²) in [5.74, 6) is 6.61. The third-order valence-electron chi connectivity index (χ3n) is 11.2. The number of sulfonamides is 1. The highest BCUT2D eigenvalue weighted by Crippen LogP contribution is 2.46. The van der Waals surface area contributed by atoms with E-state index in [1.165, 1.54) is 0 Å². The number of aliphatic hydroxyl groups is 1. The minimum absolute atomic E-state index is 0.0190.